The molecule has 6 heteroatoms. The molecule has 1 aliphatic rings. The SMILES string of the molecule is COc1cc(Oc2ccccc2)ccc1C[C@@H](O)C[C@@H](Cc1ccccc1)C(=O)NC1c2ccccc2C[C@H]1O. The van der Waals surface area contributed by atoms with Crippen LogP contribution in [0.5, 0.6) is 17.2 Å². The second kappa shape index (κ2) is 12.8. The Hall–Kier alpha value is -4.13. The molecule has 0 radical (unpaired) electrons. The monoisotopic (exact) mass is 537 g/mol. The summed E-state index contributed by atoms with van der Waals surface area (Å²) in [7, 11) is 1.59. The van der Waals surface area contributed by atoms with E-state index in [2.05, 4.69) is 5.32 Å². The van der Waals surface area contributed by atoms with Crippen LogP contribution in [0.4, 0.5) is 0 Å². The number of methoxy groups -OCH3 is 1. The number of para-hydroxylation sites is 1. The highest BCUT2D eigenvalue weighted by molar-refractivity contribution is 5.80. The molecule has 0 aromatic heterocycles. The van der Waals surface area contributed by atoms with Crippen LogP contribution in [0.1, 0.15) is 34.7 Å². The van der Waals surface area contributed by atoms with E-state index >= 15 is 0 Å². The molecular weight excluding hydrogens is 502 g/mol. The Kier molecular flexibility index (Phi) is 8.79. The quantitative estimate of drug-likeness (QED) is 0.238. The number of benzene rings is 4. The molecular formula is C34H35NO5. The minimum atomic E-state index is -0.782. The number of carbonyl (C=O) groups is 1. The Bertz CT molecular complexity index is 1410. The van der Waals surface area contributed by atoms with Crippen molar-refractivity contribution in [2.24, 2.45) is 5.92 Å². The van der Waals surface area contributed by atoms with Gasteiger partial charge in [-0.3, -0.25) is 4.79 Å². The molecule has 0 fully saturated rings. The number of amides is 1. The number of fused-ring (bicyclic) bond motifs is 1. The summed E-state index contributed by atoms with van der Waals surface area (Å²) in [5.41, 5.74) is 3.84. The predicted octanol–water partition coefficient (Wildman–Crippen LogP) is 5.41. The first kappa shape index (κ1) is 27.4. The smallest absolute Gasteiger partial charge is 0.224 e. The van der Waals surface area contributed by atoms with Crippen LogP contribution in [0.3, 0.4) is 0 Å². The van der Waals surface area contributed by atoms with Crippen LogP contribution in [0.25, 0.3) is 0 Å². The third-order valence-electron chi connectivity index (χ3n) is 7.45. The van der Waals surface area contributed by atoms with Crippen molar-refractivity contribution in [2.45, 2.75) is 43.9 Å². The second-order valence-corrected chi connectivity index (χ2v) is 10.3. The second-order valence-electron chi connectivity index (χ2n) is 10.3. The average Bonchev–Trinajstić information content (AvgIpc) is 3.29. The predicted molar refractivity (Wildman–Crippen MR) is 155 cm³/mol. The number of nitrogens with one attached hydrogen (secondary N) is 1. The van der Waals surface area contributed by atoms with Crippen molar-refractivity contribution in [1.82, 2.24) is 5.32 Å². The molecule has 1 amide bonds. The third kappa shape index (κ3) is 6.71. The largest absolute Gasteiger partial charge is 0.496 e. The van der Waals surface area contributed by atoms with E-state index in [0.717, 1.165) is 28.0 Å². The van der Waals surface area contributed by atoms with Gasteiger partial charge in [-0.15, -0.1) is 0 Å². The molecule has 0 saturated heterocycles. The van der Waals surface area contributed by atoms with E-state index < -0.39 is 24.2 Å². The standard InChI is InChI=1S/C34H35NO5/c1-39-32-22-29(40-28-13-6-3-7-14-28)17-16-25(32)19-27(36)20-26(18-23-10-4-2-5-11-23)34(38)35-33-30-15-9-8-12-24(30)21-31(33)37/h2-17,22,26-27,31,33,36-37H,18-21H2,1H3,(H,35,38)/t26-,27-,31-,33?/m1/s1. The lowest BCUT2D eigenvalue weighted by Gasteiger charge is -2.25. The Morgan fingerprint density at radius 1 is 0.900 bits per heavy atom. The first-order chi connectivity index (χ1) is 19.5. The molecule has 0 aliphatic heterocycles. The molecule has 206 valence electrons. The molecule has 1 aliphatic carbocycles. The number of carbonyl (C=O) groups excluding carboxylic acids is 1. The van der Waals surface area contributed by atoms with Gasteiger partial charge in [0.25, 0.3) is 0 Å². The van der Waals surface area contributed by atoms with Crippen LogP contribution in [0.15, 0.2) is 103 Å². The fourth-order valence-electron chi connectivity index (χ4n) is 5.45. The van der Waals surface area contributed by atoms with Gasteiger partial charge in [0.05, 0.1) is 25.4 Å². The molecule has 6 nitrogen and oxygen atoms in total. The van der Waals surface area contributed by atoms with E-state index in [4.69, 9.17) is 9.47 Å². The molecule has 0 spiro atoms. The summed E-state index contributed by atoms with van der Waals surface area (Å²) in [5.74, 6) is 1.31. The van der Waals surface area contributed by atoms with Crippen molar-refractivity contribution < 1.29 is 24.5 Å². The maximum Gasteiger partial charge on any atom is 0.224 e. The van der Waals surface area contributed by atoms with E-state index in [0.29, 0.717) is 30.8 Å². The van der Waals surface area contributed by atoms with Crippen LogP contribution in [0, 0.1) is 5.92 Å². The first-order valence-electron chi connectivity index (χ1n) is 13.7. The van der Waals surface area contributed by atoms with Crippen molar-refractivity contribution in [1.29, 1.82) is 0 Å². The van der Waals surface area contributed by atoms with Gasteiger partial charge in [-0.25, -0.2) is 0 Å². The number of aliphatic hydroxyl groups excluding tert-OH is 2. The maximum atomic E-state index is 13.6. The molecule has 1 unspecified atom stereocenters. The van der Waals surface area contributed by atoms with E-state index in [1.54, 1.807) is 7.11 Å². The highest BCUT2D eigenvalue weighted by atomic mass is 16.5. The van der Waals surface area contributed by atoms with Gasteiger partial charge in [0.2, 0.25) is 5.91 Å². The Morgan fingerprint density at radius 3 is 2.35 bits per heavy atom. The summed E-state index contributed by atoms with van der Waals surface area (Å²) < 4.78 is 11.5. The van der Waals surface area contributed by atoms with E-state index in [1.165, 1.54) is 0 Å². The van der Waals surface area contributed by atoms with Crippen LogP contribution < -0.4 is 14.8 Å². The Balaban J connectivity index is 1.29. The van der Waals surface area contributed by atoms with Gasteiger partial charge in [0, 0.05) is 24.8 Å². The number of hydrogen-bond acceptors (Lipinski definition) is 5. The molecule has 4 aromatic rings. The van der Waals surface area contributed by atoms with E-state index in [9.17, 15) is 15.0 Å². The molecule has 0 bridgehead atoms. The van der Waals surface area contributed by atoms with Crippen LogP contribution in [-0.4, -0.2) is 35.4 Å². The molecule has 3 N–H and O–H groups in total. The molecule has 4 atom stereocenters. The number of rotatable bonds is 11. The normalized spacial score (nSPS) is 17.5. The van der Waals surface area contributed by atoms with Crippen LogP contribution in [0.2, 0.25) is 0 Å². The topological polar surface area (TPSA) is 88.0 Å². The first-order valence-corrected chi connectivity index (χ1v) is 13.7. The fraction of sp³-hybridized carbons (Fsp3) is 0.265. The summed E-state index contributed by atoms with van der Waals surface area (Å²) >= 11 is 0. The van der Waals surface area contributed by atoms with Gasteiger partial charge in [-0.05, 0) is 53.3 Å². The highest BCUT2D eigenvalue weighted by Gasteiger charge is 2.34. The molecule has 0 saturated carbocycles. The van der Waals surface area contributed by atoms with Crippen molar-refractivity contribution in [3.05, 3.63) is 125 Å². The van der Waals surface area contributed by atoms with Gasteiger partial charge in [-0.2, -0.15) is 0 Å². The lowest BCUT2D eigenvalue weighted by atomic mass is 9.90. The van der Waals surface area contributed by atoms with Crippen molar-refractivity contribution in [3.8, 4) is 17.2 Å². The highest BCUT2D eigenvalue weighted by Crippen LogP contribution is 2.33. The Labute approximate surface area is 235 Å². The lowest BCUT2D eigenvalue weighted by molar-refractivity contribution is -0.127. The minimum Gasteiger partial charge on any atom is -0.496 e. The number of aliphatic hydroxyl groups is 2. The van der Waals surface area contributed by atoms with Gasteiger partial charge in [-0.1, -0.05) is 78.9 Å². The minimum absolute atomic E-state index is 0.178. The summed E-state index contributed by atoms with van der Waals surface area (Å²) in [4.78, 5) is 13.6. The molecule has 5 rings (SSSR count). The summed E-state index contributed by atoms with van der Waals surface area (Å²) in [5, 5.41) is 25.0. The van der Waals surface area contributed by atoms with Crippen molar-refractivity contribution in [3.63, 3.8) is 0 Å². The van der Waals surface area contributed by atoms with Crippen LogP contribution in [-0.2, 0) is 24.1 Å². The van der Waals surface area contributed by atoms with E-state index in [1.807, 2.05) is 103 Å². The number of ether oxygens (including phenoxy) is 2. The van der Waals surface area contributed by atoms with Gasteiger partial charge in [0.15, 0.2) is 0 Å². The molecule has 0 heterocycles. The fourth-order valence-corrected chi connectivity index (χ4v) is 5.45. The zero-order valence-electron chi connectivity index (χ0n) is 22.6. The summed E-state index contributed by atoms with van der Waals surface area (Å²) in [6.45, 7) is 0. The zero-order chi connectivity index (χ0) is 27.9. The number of hydrogen-bond donors (Lipinski definition) is 3. The maximum absolute atomic E-state index is 13.6. The van der Waals surface area contributed by atoms with Gasteiger partial charge in [0.1, 0.15) is 17.2 Å². The van der Waals surface area contributed by atoms with Crippen molar-refractivity contribution >= 4 is 5.91 Å². The Morgan fingerprint density at radius 2 is 1.60 bits per heavy atom. The van der Waals surface area contributed by atoms with Gasteiger partial charge < -0.3 is 25.0 Å². The third-order valence-corrected chi connectivity index (χ3v) is 7.45. The molecule has 4 aromatic carbocycles. The van der Waals surface area contributed by atoms with Gasteiger partial charge >= 0.3 is 0 Å². The molecule has 40 heavy (non-hydrogen) atoms. The summed E-state index contributed by atoms with van der Waals surface area (Å²) in [6, 6.07) is 32.2. The zero-order valence-corrected chi connectivity index (χ0v) is 22.6. The van der Waals surface area contributed by atoms with Crippen molar-refractivity contribution in [2.75, 3.05) is 7.11 Å². The summed E-state index contributed by atoms with van der Waals surface area (Å²) in [6.07, 6.45) is 0.116. The lowest BCUT2D eigenvalue weighted by Crippen LogP contribution is -2.39. The average molecular weight is 538 g/mol. The van der Waals surface area contributed by atoms with E-state index in [-0.39, 0.29) is 12.3 Å². The van der Waals surface area contributed by atoms with Crippen LogP contribution >= 0.6 is 0 Å².